The Balaban J connectivity index is 1.83. The minimum Gasteiger partial charge on any atom is -0.291 e. The Kier molecular flexibility index (Phi) is 3.74. The molecule has 0 amide bonds. The van der Waals surface area contributed by atoms with E-state index in [1.165, 1.54) is 37.7 Å². The van der Waals surface area contributed by atoms with Crippen molar-refractivity contribution in [3.63, 3.8) is 0 Å². The van der Waals surface area contributed by atoms with Crippen LogP contribution < -0.4 is 0 Å². The lowest BCUT2D eigenvalue weighted by Crippen LogP contribution is -2.58. The molecule has 1 aromatic carbocycles. The summed E-state index contributed by atoms with van der Waals surface area (Å²) in [4.78, 5) is 2.74. The Hall–Kier alpha value is -1.08. The standard InChI is InChI=1S/C18H25N/c1-14-12-15(2)19(14)18-11-7-6-10-17(18)13-16-8-4-3-5-9-16/h3-5,8-9,13-15,18H,6-7,10-12H2,1-2H3. The molecule has 0 spiro atoms. The second-order valence-electron chi connectivity index (χ2n) is 6.27. The van der Waals surface area contributed by atoms with Gasteiger partial charge in [-0.1, -0.05) is 48.4 Å². The predicted molar refractivity (Wildman–Crippen MR) is 82.1 cm³/mol. The van der Waals surface area contributed by atoms with Gasteiger partial charge in [0.1, 0.15) is 0 Å². The monoisotopic (exact) mass is 255 g/mol. The van der Waals surface area contributed by atoms with E-state index in [1.807, 2.05) is 0 Å². The van der Waals surface area contributed by atoms with Gasteiger partial charge in [0.2, 0.25) is 0 Å². The van der Waals surface area contributed by atoms with Crippen molar-refractivity contribution in [2.75, 3.05) is 0 Å². The number of hydrogen-bond acceptors (Lipinski definition) is 1. The summed E-state index contributed by atoms with van der Waals surface area (Å²) in [5, 5.41) is 0. The molecule has 102 valence electrons. The summed E-state index contributed by atoms with van der Waals surface area (Å²) in [6.45, 7) is 4.77. The number of nitrogens with zero attached hydrogens (tertiary/aromatic N) is 1. The third-order valence-corrected chi connectivity index (χ3v) is 4.83. The lowest BCUT2D eigenvalue weighted by Gasteiger charge is -2.52. The highest BCUT2D eigenvalue weighted by Gasteiger charge is 2.38. The van der Waals surface area contributed by atoms with Gasteiger partial charge in [0.25, 0.3) is 0 Å². The molecule has 3 rings (SSSR count). The van der Waals surface area contributed by atoms with Crippen molar-refractivity contribution in [1.29, 1.82) is 0 Å². The van der Waals surface area contributed by atoms with Crippen LogP contribution >= 0.6 is 0 Å². The van der Waals surface area contributed by atoms with Crippen LogP contribution in [-0.2, 0) is 0 Å². The van der Waals surface area contributed by atoms with E-state index in [0.717, 1.165) is 12.1 Å². The van der Waals surface area contributed by atoms with Crippen LogP contribution in [0.1, 0.15) is 51.5 Å². The molecule has 3 atom stereocenters. The summed E-state index contributed by atoms with van der Waals surface area (Å²) in [5.74, 6) is 0. The third-order valence-electron chi connectivity index (χ3n) is 4.83. The van der Waals surface area contributed by atoms with E-state index in [2.05, 4.69) is 55.2 Å². The summed E-state index contributed by atoms with van der Waals surface area (Å²) >= 11 is 0. The van der Waals surface area contributed by atoms with Crippen molar-refractivity contribution >= 4 is 6.08 Å². The molecule has 1 aliphatic heterocycles. The second kappa shape index (κ2) is 5.50. The molecule has 2 fully saturated rings. The summed E-state index contributed by atoms with van der Waals surface area (Å²) in [5.41, 5.74) is 3.03. The Morgan fingerprint density at radius 2 is 1.79 bits per heavy atom. The first-order valence-corrected chi connectivity index (χ1v) is 7.78. The van der Waals surface area contributed by atoms with Crippen LogP contribution in [0.25, 0.3) is 6.08 Å². The minimum absolute atomic E-state index is 0.702. The van der Waals surface area contributed by atoms with E-state index in [0.29, 0.717) is 6.04 Å². The Bertz CT molecular complexity index is 440. The zero-order chi connectivity index (χ0) is 13.2. The first-order chi connectivity index (χ1) is 9.25. The molecular formula is C18H25N. The Labute approximate surface area is 117 Å². The number of rotatable bonds is 2. The van der Waals surface area contributed by atoms with E-state index in [4.69, 9.17) is 0 Å². The quantitative estimate of drug-likeness (QED) is 0.752. The molecule has 1 aromatic rings. The normalized spacial score (nSPS) is 34.2. The van der Waals surface area contributed by atoms with Crippen molar-refractivity contribution < 1.29 is 0 Å². The van der Waals surface area contributed by atoms with Crippen LogP contribution in [0, 0.1) is 0 Å². The van der Waals surface area contributed by atoms with Gasteiger partial charge >= 0.3 is 0 Å². The average Bonchev–Trinajstić information content (AvgIpc) is 2.42. The van der Waals surface area contributed by atoms with Gasteiger partial charge in [-0.2, -0.15) is 0 Å². The molecule has 1 saturated heterocycles. The average molecular weight is 255 g/mol. The molecule has 2 aliphatic rings. The Morgan fingerprint density at radius 1 is 1.05 bits per heavy atom. The summed E-state index contributed by atoms with van der Waals surface area (Å²) < 4.78 is 0. The van der Waals surface area contributed by atoms with Crippen LogP contribution in [0.4, 0.5) is 0 Å². The fourth-order valence-corrected chi connectivity index (χ4v) is 3.94. The maximum atomic E-state index is 2.74. The van der Waals surface area contributed by atoms with Gasteiger partial charge in [-0.05, 0) is 45.1 Å². The molecule has 0 N–H and O–H groups in total. The van der Waals surface area contributed by atoms with Crippen LogP contribution in [-0.4, -0.2) is 23.0 Å². The second-order valence-corrected chi connectivity index (χ2v) is 6.27. The summed E-state index contributed by atoms with van der Waals surface area (Å²) in [7, 11) is 0. The van der Waals surface area contributed by atoms with Crippen molar-refractivity contribution in [1.82, 2.24) is 4.90 Å². The highest BCUT2D eigenvalue weighted by molar-refractivity contribution is 5.54. The topological polar surface area (TPSA) is 3.24 Å². The first-order valence-electron chi connectivity index (χ1n) is 7.78. The first kappa shape index (κ1) is 12.9. The van der Waals surface area contributed by atoms with Gasteiger partial charge in [0, 0.05) is 18.1 Å². The van der Waals surface area contributed by atoms with Crippen LogP contribution in [0.2, 0.25) is 0 Å². The van der Waals surface area contributed by atoms with Crippen LogP contribution in [0.5, 0.6) is 0 Å². The van der Waals surface area contributed by atoms with Gasteiger partial charge in [-0.3, -0.25) is 4.90 Å². The number of hydrogen-bond donors (Lipinski definition) is 0. The highest BCUT2D eigenvalue weighted by Crippen LogP contribution is 2.37. The number of benzene rings is 1. The zero-order valence-corrected chi connectivity index (χ0v) is 12.2. The zero-order valence-electron chi connectivity index (χ0n) is 12.2. The smallest absolute Gasteiger partial charge is 0.0316 e. The molecule has 1 aliphatic carbocycles. The predicted octanol–water partition coefficient (Wildman–Crippen LogP) is 4.50. The largest absolute Gasteiger partial charge is 0.291 e. The molecule has 19 heavy (non-hydrogen) atoms. The van der Waals surface area contributed by atoms with Gasteiger partial charge in [0.05, 0.1) is 0 Å². The SMILES string of the molecule is CC1CC(C)N1C1CCCCC1=Cc1ccccc1. The summed E-state index contributed by atoms with van der Waals surface area (Å²) in [6.07, 6.45) is 9.22. The molecule has 3 unspecified atom stereocenters. The van der Waals surface area contributed by atoms with E-state index in [-0.39, 0.29) is 0 Å². The Morgan fingerprint density at radius 3 is 2.47 bits per heavy atom. The summed E-state index contributed by atoms with van der Waals surface area (Å²) in [6, 6.07) is 13.1. The maximum absolute atomic E-state index is 2.74. The van der Waals surface area contributed by atoms with Gasteiger partial charge < -0.3 is 0 Å². The molecular weight excluding hydrogens is 230 g/mol. The molecule has 1 saturated carbocycles. The molecule has 1 heteroatoms. The van der Waals surface area contributed by atoms with Gasteiger partial charge in [-0.25, -0.2) is 0 Å². The van der Waals surface area contributed by atoms with E-state index < -0.39 is 0 Å². The highest BCUT2D eigenvalue weighted by atomic mass is 15.3. The molecule has 0 aromatic heterocycles. The van der Waals surface area contributed by atoms with E-state index >= 15 is 0 Å². The fraction of sp³-hybridized carbons (Fsp3) is 0.556. The van der Waals surface area contributed by atoms with Gasteiger partial charge in [-0.15, -0.1) is 0 Å². The number of likely N-dealkylation sites (tertiary alicyclic amines) is 1. The van der Waals surface area contributed by atoms with Gasteiger partial charge in [0.15, 0.2) is 0 Å². The van der Waals surface area contributed by atoms with E-state index in [9.17, 15) is 0 Å². The third kappa shape index (κ3) is 2.62. The molecule has 0 radical (unpaired) electrons. The van der Waals surface area contributed by atoms with Crippen LogP contribution in [0.3, 0.4) is 0 Å². The maximum Gasteiger partial charge on any atom is 0.0316 e. The fourth-order valence-electron chi connectivity index (χ4n) is 3.94. The molecule has 1 nitrogen and oxygen atoms in total. The van der Waals surface area contributed by atoms with E-state index in [1.54, 1.807) is 5.57 Å². The van der Waals surface area contributed by atoms with Crippen molar-refractivity contribution in [2.24, 2.45) is 0 Å². The molecule has 1 heterocycles. The van der Waals surface area contributed by atoms with Crippen LogP contribution in [0.15, 0.2) is 35.9 Å². The van der Waals surface area contributed by atoms with Crippen molar-refractivity contribution in [2.45, 2.75) is 64.1 Å². The minimum atomic E-state index is 0.702. The van der Waals surface area contributed by atoms with Crippen molar-refractivity contribution in [3.05, 3.63) is 41.5 Å². The lowest BCUT2D eigenvalue weighted by atomic mass is 9.82. The molecule has 0 bridgehead atoms. The van der Waals surface area contributed by atoms with Crippen molar-refractivity contribution in [3.8, 4) is 0 Å². The lowest BCUT2D eigenvalue weighted by molar-refractivity contribution is -0.000523.